The van der Waals surface area contributed by atoms with Gasteiger partial charge in [0.25, 0.3) is 0 Å². The van der Waals surface area contributed by atoms with Crippen molar-refractivity contribution in [2.75, 3.05) is 6.26 Å². The van der Waals surface area contributed by atoms with Gasteiger partial charge in [0, 0.05) is 11.4 Å². The van der Waals surface area contributed by atoms with E-state index < -0.39 is 5.97 Å². The zero-order valence-corrected chi connectivity index (χ0v) is 8.34. The Morgan fingerprint density at radius 3 is 2.92 bits per heavy atom. The van der Waals surface area contributed by atoms with Crippen molar-refractivity contribution in [3.05, 3.63) is 29.6 Å². The highest BCUT2D eigenvalue weighted by Crippen LogP contribution is 2.23. The van der Waals surface area contributed by atoms with Gasteiger partial charge in [0.2, 0.25) is 0 Å². The average molecular weight is 197 g/mol. The molecule has 0 spiro atoms. The minimum Gasteiger partial charge on any atom is -0.478 e. The zero-order chi connectivity index (χ0) is 9.84. The number of hydrogen-bond donors (Lipinski definition) is 1. The lowest BCUT2D eigenvalue weighted by Crippen LogP contribution is -2.00. The largest absolute Gasteiger partial charge is 0.478 e. The van der Waals surface area contributed by atoms with Crippen molar-refractivity contribution < 1.29 is 9.90 Å². The second-order valence-corrected chi connectivity index (χ2v) is 3.83. The molecule has 1 aromatic heterocycles. The highest BCUT2D eigenvalue weighted by molar-refractivity contribution is 7.98. The van der Waals surface area contributed by atoms with Crippen LogP contribution >= 0.6 is 11.8 Å². The van der Waals surface area contributed by atoms with Crippen LogP contribution in [0.25, 0.3) is 0 Å². The van der Waals surface area contributed by atoms with Gasteiger partial charge in [-0.2, -0.15) is 11.8 Å². The maximum atomic E-state index is 10.6. The van der Waals surface area contributed by atoms with Gasteiger partial charge >= 0.3 is 5.97 Å². The monoisotopic (exact) mass is 197 g/mol. The number of pyridine rings is 1. The second kappa shape index (κ2) is 4.28. The molecule has 1 unspecified atom stereocenters. The van der Waals surface area contributed by atoms with Gasteiger partial charge in [0.15, 0.2) is 0 Å². The molecule has 0 aromatic carbocycles. The van der Waals surface area contributed by atoms with Crippen LogP contribution in [-0.2, 0) is 0 Å². The summed E-state index contributed by atoms with van der Waals surface area (Å²) in [7, 11) is 0. The summed E-state index contributed by atoms with van der Waals surface area (Å²) in [6.07, 6.45) is 3.51. The number of carbonyl (C=O) groups is 1. The summed E-state index contributed by atoms with van der Waals surface area (Å²) in [6.45, 7) is 2.00. The van der Waals surface area contributed by atoms with Gasteiger partial charge < -0.3 is 5.11 Å². The van der Waals surface area contributed by atoms with Crippen LogP contribution in [0.5, 0.6) is 0 Å². The molecular weight excluding hydrogens is 186 g/mol. The first kappa shape index (κ1) is 10.1. The third-order valence-electron chi connectivity index (χ3n) is 1.80. The van der Waals surface area contributed by atoms with E-state index in [2.05, 4.69) is 4.98 Å². The fraction of sp³-hybridized carbons (Fsp3) is 0.333. The molecule has 13 heavy (non-hydrogen) atoms. The molecule has 3 nitrogen and oxygen atoms in total. The Morgan fingerprint density at radius 2 is 2.38 bits per heavy atom. The first-order chi connectivity index (χ1) is 6.15. The Bertz CT molecular complexity index is 314. The van der Waals surface area contributed by atoms with E-state index in [1.54, 1.807) is 17.8 Å². The summed E-state index contributed by atoms with van der Waals surface area (Å²) in [6, 6.07) is 3.11. The molecule has 0 radical (unpaired) electrons. The number of carboxylic acid groups (broad SMARTS) is 1. The zero-order valence-electron chi connectivity index (χ0n) is 7.52. The lowest BCUT2D eigenvalue weighted by atomic mass is 10.2. The Morgan fingerprint density at radius 1 is 1.69 bits per heavy atom. The maximum Gasteiger partial charge on any atom is 0.335 e. The molecule has 0 saturated heterocycles. The van der Waals surface area contributed by atoms with Gasteiger partial charge in [0.05, 0.1) is 11.3 Å². The predicted octanol–water partition coefficient (Wildman–Crippen LogP) is 2.20. The average Bonchev–Trinajstić information content (AvgIpc) is 2.17. The smallest absolute Gasteiger partial charge is 0.335 e. The molecule has 0 bridgehead atoms. The van der Waals surface area contributed by atoms with Crippen LogP contribution in [0.4, 0.5) is 0 Å². The van der Waals surface area contributed by atoms with Crippen LogP contribution in [0, 0.1) is 0 Å². The van der Waals surface area contributed by atoms with Gasteiger partial charge in [-0.05, 0) is 25.3 Å². The first-order valence-electron chi connectivity index (χ1n) is 3.87. The summed E-state index contributed by atoms with van der Waals surface area (Å²) in [5, 5.41) is 8.96. The number of carboxylic acids is 1. The lowest BCUT2D eigenvalue weighted by Gasteiger charge is -2.07. The van der Waals surface area contributed by atoms with Gasteiger partial charge in [0.1, 0.15) is 0 Å². The Hall–Kier alpha value is -1.03. The molecule has 0 aliphatic heterocycles. The Labute approximate surface area is 81.2 Å². The fourth-order valence-electron chi connectivity index (χ4n) is 0.924. The van der Waals surface area contributed by atoms with Crippen LogP contribution in [0.15, 0.2) is 18.3 Å². The highest BCUT2D eigenvalue weighted by Gasteiger charge is 2.08. The Kier molecular flexibility index (Phi) is 3.31. The summed E-state index contributed by atoms with van der Waals surface area (Å²) in [4.78, 5) is 14.7. The van der Waals surface area contributed by atoms with Crippen molar-refractivity contribution in [3.63, 3.8) is 0 Å². The minimum atomic E-state index is -0.906. The van der Waals surface area contributed by atoms with Crippen molar-refractivity contribution >= 4 is 17.7 Å². The third-order valence-corrected chi connectivity index (χ3v) is 2.75. The van der Waals surface area contributed by atoms with Crippen molar-refractivity contribution in [2.45, 2.75) is 12.2 Å². The third kappa shape index (κ3) is 2.45. The van der Waals surface area contributed by atoms with Crippen molar-refractivity contribution in [2.24, 2.45) is 0 Å². The molecular formula is C9H11NO2S. The summed E-state index contributed by atoms with van der Waals surface area (Å²) < 4.78 is 0. The number of aromatic nitrogens is 1. The fourth-order valence-corrected chi connectivity index (χ4v) is 1.29. The van der Waals surface area contributed by atoms with E-state index in [1.807, 2.05) is 13.2 Å². The van der Waals surface area contributed by atoms with E-state index in [9.17, 15) is 4.79 Å². The van der Waals surface area contributed by atoms with Crippen LogP contribution < -0.4 is 0 Å². The number of aromatic carboxylic acids is 1. The minimum absolute atomic E-state index is 0.235. The molecule has 0 saturated carbocycles. The Balaban J connectivity index is 2.98. The van der Waals surface area contributed by atoms with E-state index in [0.717, 1.165) is 5.69 Å². The van der Waals surface area contributed by atoms with Gasteiger partial charge in [-0.1, -0.05) is 0 Å². The molecule has 1 aromatic rings. The summed E-state index contributed by atoms with van der Waals surface area (Å²) in [5.74, 6) is -0.906. The number of nitrogens with zero attached hydrogens (tertiary/aromatic N) is 1. The van der Waals surface area contributed by atoms with Crippen molar-refractivity contribution in [1.82, 2.24) is 4.98 Å². The molecule has 4 heteroatoms. The van der Waals surface area contributed by atoms with Crippen LogP contribution in [0.3, 0.4) is 0 Å². The van der Waals surface area contributed by atoms with E-state index in [1.165, 1.54) is 12.3 Å². The maximum absolute atomic E-state index is 10.6. The van der Waals surface area contributed by atoms with Gasteiger partial charge in [-0.3, -0.25) is 4.98 Å². The predicted molar refractivity (Wildman–Crippen MR) is 53.1 cm³/mol. The standard InChI is InChI=1S/C9H11NO2S/c1-6(13-2)8-5-7(9(11)12)3-4-10-8/h3-6H,1-2H3,(H,11,12). The van der Waals surface area contributed by atoms with Crippen LogP contribution in [0.2, 0.25) is 0 Å². The van der Waals surface area contributed by atoms with E-state index in [0.29, 0.717) is 5.56 Å². The molecule has 1 N–H and O–H groups in total. The second-order valence-electron chi connectivity index (χ2n) is 2.65. The lowest BCUT2D eigenvalue weighted by molar-refractivity contribution is 0.0696. The van der Waals surface area contributed by atoms with Crippen LogP contribution in [-0.4, -0.2) is 22.3 Å². The van der Waals surface area contributed by atoms with Crippen LogP contribution in [0.1, 0.15) is 28.2 Å². The summed E-state index contributed by atoms with van der Waals surface area (Å²) in [5.41, 5.74) is 1.11. The molecule has 0 aliphatic carbocycles. The molecule has 70 valence electrons. The number of thioether (sulfide) groups is 1. The first-order valence-corrected chi connectivity index (χ1v) is 5.16. The molecule has 0 amide bonds. The molecule has 0 fully saturated rings. The highest BCUT2D eigenvalue weighted by atomic mass is 32.2. The SMILES string of the molecule is CSC(C)c1cc(C(=O)O)ccn1. The summed E-state index contributed by atoms with van der Waals surface area (Å²) >= 11 is 1.64. The van der Waals surface area contributed by atoms with E-state index in [4.69, 9.17) is 5.11 Å². The molecule has 0 aliphatic rings. The van der Waals surface area contributed by atoms with Crippen molar-refractivity contribution in [1.29, 1.82) is 0 Å². The quantitative estimate of drug-likeness (QED) is 0.807. The molecule has 1 heterocycles. The molecule has 1 rings (SSSR count). The van der Waals surface area contributed by atoms with E-state index >= 15 is 0 Å². The molecule has 1 atom stereocenters. The number of hydrogen-bond acceptors (Lipinski definition) is 3. The number of rotatable bonds is 3. The normalized spacial score (nSPS) is 12.5. The topological polar surface area (TPSA) is 50.2 Å². The van der Waals surface area contributed by atoms with E-state index in [-0.39, 0.29) is 5.25 Å². The van der Waals surface area contributed by atoms with Crippen molar-refractivity contribution in [3.8, 4) is 0 Å². The van der Waals surface area contributed by atoms with Gasteiger partial charge in [-0.15, -0.1) is 0 Å². The van der Waals surface area contributed by atoms with Gasteiger partial charge in [-0.25, -0.2) is 4.79 Å².